The number of hydrogen-bond acceptors (Lipinski definition) is 4. The Morgan fingerprint density at radius 2 is 1.95 bits per heavy atom. The topological polar surface area (TPSA) is 33.2 Å². The summed E-state index contributed by atoms with van der Waals surface area (Å²) in [6.45, 7) is 1.85. The van der Waals surface area contributed by atoms with Gasteiger partial charge in [-0.2, -0.15) is 0 Å². The molecule has 1 saturated heterocycles. The van der Waals surface area contributed by atoms with E-state index < -0.39 is 0 Å². The van der Waals surface area contributed by atoms with Crippen molar-refractivity contribution in [2.45, 2.75) is 12.8 Å². The molecule has 19 heavy (non-hydrogen) atoms. The number of carbonyl (C=O) groups is 1. The predicted octanol–water partition coefficient (Wildman–Crippen LogP) is 3.24. The Hall–Kier alpha value is -1.68. The summed E-state index contributed by atoms with van der Waals surface area (Å²) >= 11 is 1.67. The molecule has 98 valence electrons. The Bertz CT molecular complexity index is 531. The fourth-order valence-corrected chi connectivity index (χ4v) is 3.24. The van der Waals surface area contributed by atoms with Gasteiger partial charge in [-0.05, 0) is 12.8 Å². The second kappa shape index (κ2) is 5.53. The first-order chi connectivity index (χ1) is 9.34. The smallest absolute Gasteiger partial charge is 0.185 e. The summed E-state index contributed by atoms with van der Waals surface area (Å²) in [4.78, 5) is 19.0. The van der Waals surface area contributed by atoms with Crippen molar-refractivity contribution in [3.63, 3.8) is 0 Å². The van der Waals surface area contributed by atoms with E-state index in [2.05, 4.69) is 9.88 Å². The Morgan fingerprint density at radius 1 is 1.21 bits per heavy atom. The molecule has 0 atom stereocenters. The summed E-state index contributed by atoms with van der Waals surface area (Å²) in [5.41, 5.74) is 0.843. The van der Waals surface area contributed by atoms with E-state index in [0.29, 0.717) is 5.78 Å². The van der Waals surface area contributed by atoms with Crippen LogP contribution in [0.25, 0.3) is 0 Å². The van der Waals surface area contributed by atoms with E-state index in [0.717, 1.165) is 36.6 Å². The first-order valence-corrected chi connectivity index (χ1v) is 7.46. The van der Waals surface area contributed by atoms with Crippen LogP contribution in [0.15, 0.2) is 41.9 Å². The van der Waals surface area contributed by atoms with Crippen LogP contribution in [0.2, 0.25) is 0 Å². The molecule has 0 bridgehead atoms. The third-order valence-electron chi connectivity index (χ3n) is 3.61. The maximum atomic E-state index is 12.4. The molecule has 0 N–H and O–H groups in total. The van der Waals surface area contributed by atoms with E-state index in [9.17, 15) is 4.79 Å². The van der Waals surface area contributed by atoms with E-state index in [1.807, 2.05) is 41.9 Å². The SMILES string of the molecule is O=C(c1ccccc1)C1CCN(c2nccs2)CC1. The summed E-state index contributed by atoms with van der Waals surface area (Å²) < 4.78 is 0. The van der Waals surface area contributed by atoms with Crippen molar-refractivity contribution in [3.8, 4) is 0 Å². The Balaban J connectivity index is 1.63. The van der Waals surface area contributed by atoms with Gasteiger partial charge < -0.3 is 4.90 Å². The van der Waals surface area contributed by atoms with Gasteiger partial charge in [-0.15, -0.1) is 11.3 Å². The third-order valence-corrected chi connectivity index (χ3v) is 4.45. The molecule has 1 aliphatic rings. The monoisotopic (exact) mass is 272 g/mol. The number of thiazole rings is 1. The maximum Gasteiger partial charge on any atom is 0.185 e. The van der Waals surface area contributed by atoms with Gasteiger partial charge >= 0.3 is 0 Å². The highest BCUT2D eigenvalue weighted by Gasteiger charge is 2.26. The average molecular weight is 272 g/mol. The number of Topliss-reactive ketones (excluding diaryl/α,β-unsaturated/α-hetero) is 1. The van der Waals surface area contributed by atoms with Crippen molar-refractivity contribution in [1.82, 2.24) is 4.98 Å². The van der Waals surface area contributed by atoms with Crippen molar-refractivity contribution >= 4 is 22.3 Å². The highest BCUT2D eigenvalue weighted by Crippen LogP contribution is 2.26. The first-order valence-electron chi connectivity index (χ1n) is 6.58. The maximum absolute atomic E-state index is 12.4. The summed E-state index contributed by atoms with van der Waals surface area (Å²) in [6.07, 6.45) is 3.68. The molecular weight excluding hydrogens is 256 g/mol. The van der Waals surface area contributed by atoms with Crippen molar-refractivity contribution in [2.24, 2.45) is 5.92 Å². The molecule has 3 rings (SSSR count). The second-order valence-electron chi connectivity index (χ2n) is 4.81. The van der Waals surface area contributed by atoms with Gasteiger partial charge in [-0.1, -0.05) is 30.3 Å². The summed E-state index contributed by atoms with van der Waals surface area (Å²) in [6, 6.07) is 9.63. The van der Waals surface area contributed by atoms with E-state index in [1.54, 1.807) is 11.3 Å². The van der Waals surface area contributed by atoms with E-state index in [4.69, 9.17) is 0 Å². The normalized spacial score (nSPS) is 16.5. The standard InChI is InChI=1S/C15H16N2OS/c18-14(12-4-2-1-3-5-12)13-6-9-17(10-7-13)15-16-8-11-19-15/h1-5,8,11,13H,6-7,9-10H2. The van der Waals surface area contributed by atoms with Gasteiger partial charge in [0.05, 0.1) is 0 Å². The van der Waals surface area contributed by atoms with Crippen LogP contribution in [0.3, 0.4) is 0 Å². The average Bonchev–Trinajstić information content (AvgIpc) is 3.02. The van der Waals surface area contributed by atoms with Crippen LogP contribution >= 0.6 is 11.3 Å². The Kier molecular flexibility index (Phi) is 3.60. The lowest BCUT2D eigenvalue weighted by molar-refractivity contribution is 0.0900. The molecule has 1 aliphatic heterocycles. The highest BCUT2D eigenvalue weighted by atomic mass is 32.1. The number of carbonyl (C=O) groups excluding carboxylic acids is 1. The molecule has 1 fully saturated rings. The van der Waals surface area contributed by atoms with Crippen molar-refractivity contribution in [3.05, 3.63) is 47.5 Å². The molecular formula is C15H16N2OS. The number of aromatic nitrogens is 1. The number of piperidine rings is 1. The predicted molar refractivity (Wildman–Crippen MR) is 77.8 cm³/mol. The van der Waals surface area contributed by atoms with Gasteiger partial charge in [0.2, 0.25) is 0 Å². The van der Waals surface area contributed by atoms with E-state index in [-0.39, 0.29) is 5.92 Å². The largest absolute Gasteiger partial charge is 0.348 e. The summed E-state index contributed by atoms with van der Waals surface area (Å²) in [5, 5.41) is 3.07. The molecule has 2 heterocycles. The molecule has 0 saturated carbocycles. The molecule has 0 spiro atoms. The van der Waals surface area contributed by atoms with Crippen molar-refractivity contribution < 1.29 is 4.79 Å². The molecule has 0 radical (unpaired) electrons. The highest BCUT2D eigenvalue weighted by molar-refractivity contribution is 7.13. The number of benzene rings is 1. The number of hydrogen-bond donors (Lipinski definition) is 0. The summed E-state index contributed by atoms with van der Waals surface area (Å²) in [5.74, 6) is 0.456. The van der Waals surface area contributed by atoms with Crippen molar-refractivity contribution in [2.75, 3.05) is 18.0 Å². The van der Waals surface area contributed by atoms with Crippen LogP contribution in [0.5, 0.6) is 0 Å². The molecule has 4 heteroatoms. The van der Waals surface area contributed by atoms with Gasteiger partial charge in [0.15, 0.2) is 10.9 Å². The summed E-state index contributed by atoms with van der Waals surface area (Å²) in [7, 11) is 0. The zero-order valence-corrected chi connectivity index (χ0v) is 11.5. The lowest BCUT2D eigenvalue weighted by atomic mass is 9.89. The number of rotatable bonds is 3. The van der Waals surface area contributed by atoms with Gasteiger partial charge in [-0.3, -0.25) is 4.79 Å². The quantitative estimate of drug-likeness (QED) is 0.804. The molecule has 0 unspecified atom stereocenters. The number of nitrogens with zero attached hydrogens (tertiary/aromatic N) is 2. The second-order valence-corrected chi connectivity index (χ2v) is 5.68. The van der Waals surface area contributed by atoms with Gasteiger partial charge in [0.1, 0.15) is 0 Å². The Labute approximate surface area is 116 Å². The number of anilines is 1. The van der Waals surface area contributed by atoms with Gasteiger partial charge in [0, 0.05) is 36.1 Å². The first kappa shape index (κ1) is 12.4. The third kappa shape index (κ3) is 2.68. The zero-order valence-electron chi connectivity index (χ0n) is 10.7. The fourth-order valence-electron chi connectivity index (χ4n) is 2.54. The molecule has 0 aliphatic carbocycles. The number of ketones is 1. The molecule has 1 aromatic carbocycles. The van der Waals surface area contributed by atoms with Gasteiger partial charge in [-0.25, -0.2) is 4.98 Å². The van der Waals surface area contributed by atoms with Crippen LogP contribution in [-0.2, 0) is 0 Å². The van der Waals surface area contributed by atoms with Crippen LogP contribution in [0.1, 0.15) is 23.2 Å². The van der Waals surface area contributed by atoms with Crippen LogP contribution < -0.4 is 4.90 Å². The van der Waals surface area contributed by atoms with Crippen LogP contribution in [-0.4, -0.2) is 23.9 Å². The zero-order chi connectivity index (χ0) is 13.1. The minimum absolute atomic E-state index is 0.165. The molecule has 0 amide bonds. The van der Waals surface area contributed by atoms with Crippen LogP contribution in [0.4, 0.5) is 5.13 Å². The van der Waals surface area contributed by atoms with Crippen LogP contribution in [0, 0.1) is 5.92 Å². The molecule has 1 aromatic heterocycles. The fraction of sp³-hybridized carbons (Fsp3) is 0.333. The lowest BCUT2D eigenvalue weighted by Crippen LogP contribution is -2.36. The van der Waals surface area contributed by atoms with Gasteiger partial charge in [0.25, 0.3) is 0 Å². The minimum atomic E-state index is 0.165. The van der Waals surface area contributed by atoms with E-state index >= 15 is 0 Å². The minimum Gasteiger partial charge on any atom is -0.348 e. The lowest BCUT2D eigenvalue weighted by Gasteiger charge is -2.31. The Morgan fingerprint density at radius 3 is 2.58 bits per heavy atom. The molecule has 2 aromatic rings. The molecule has 3 nitrogen and oxygen atoms in total. The van der Waals surface area contributed by atoms with Crippen molar-refractivity contribution in [1.29, 1.82) is 0 Å². The van der Waals surface area contributed by atoms with E-state index in [1.165, 1.54) is 0 Å².